The standard InChI is InChI=1S/C11H14N2O2S/c1-13(2)11(8-12)9-4-6-10(7-5-9)16(3,14)15/h4-7,11H,1-3H3. The van der Waals surface area contributed by atoms with Crippen LogP contribution in [0.25, 0.3) is 0 Å². The SMILES string of the molecule is CN(C)C(C#N)c1ccc(S(C)(=O)=O)cc1. The van der Waals surface area contributed by atoms with E-state index < -0.39 is 9.84 Å². The van der Waals surface area contributed by atoms with Crippen molar-refractivity contribution in [3.05, 3.63) is 29.8 Å². The highest BCUT2D eigenvalue weighted by atomic mass is 32.2. The Bertz CT molecular complexity index is 498. The number of sulfone groups is 1. The third-order valence-corrected chi connectivity index (χ3v) is 3.39. The molecule has 0 saturated heterocycles. The average Bonchev–Trinajstić information content (AvgIpc) is 2.17. The van der Waals surface area contributed by atoms with Crippen LogP contribution in [-0.4, -0.2) is 33.7 Å². The quantitative estimate of drug-likeness (QED) is 0.794. The van der Waals surface area contributed by atoms with Crippen molar-refractivity contribution in [1.82, 2.24) is 4.90 Å². The fourth-order valence-corrected chi connectivity index (χ4v) is 2.02. The van der Waals surface area contributed by atoms with Crippen LogP contribution in [0.5, 0.6) is 0 Å². The number of hydrogen-bond donors (Lipinski definition) is 0. The van der Waals surface area contributed by atoms with Gasteiger partial charge in [-0.25, -0.2) is 8.42 Å². The molecule has 1 aromatic rings. The summed E-state index contributed by atoms with van der Waals surface area (Å²) in [6.07, 6.45) is 1.16. The molecule has 16 heavy (non-hydrogen) atoms. The van der Waals surface area contributed by atoms with Gasteiger partial charge in [0.15, 0.2) is 9.84 Å². The lowest BCUT2D eigenvalue weighted by atomic mass is 10.1. The summed E-state index contributed by atoms with van der Waals surface area (Å²) in [7, 11) is 0.439. The van der Waals surface area contributed by atoms with Gasteiger partial charge in [-0.15, -0.1) is 0 Å². The average molecular weight is 238 g/mol. The lowest BCUT2D eigenvalue weighted by molar-refractivity contribution is 0.358. The first-order chi connectivity index (χ1) is 7.36. The third-order valence-electron chi connectivity index (χ3n) is 2.26. The maximum absolute atomic E-state index is 11.2. The Balaban J connectivity index is 3.09. The van der Waals surface area contributed by atoms with E-state index in [9.17, 15) is 8.42 Å². The fourth-order valence-electron chi connectivity index (χ4n) is 1.39. The number of hydrogen-bond acceptors (Lipinski definition) is 4. The largest absolute Gasteiger partial charge is 0.291 e. The predicted octanol–water partition coefficient (Wildman–Crippen LogP) is 1.22. The monoisotopic (exact) mass is 238 g/mol. The minimum absolute atomic E-state index is 0.270. The second kappa shape index (κ2) is 4.64. The summed E-state index contributed by atoms with van der Waals surface area (Å²) in [5.41, 5.74) is 0.792. The van der Waals surface area contributed by atoms with E-state index in [1.165, 1.54) is 12.1 Å². The van der Waals surface area contributed by atoms with E-state index in [0.29, 0.717) is 0 Å². The third kappa shape index (κ3) is 2.81. The fraction of sp³-hybridized carbons (Fsp3) is 0.364. The van der Waals surface area contributed by atoms with Gasteiger partial charge in [0, 0.05) is 6.26 Å². The van der Waals surface area contributed by atoms with Crippen molar-refractivity contribution < 1.29 is 8.42 Å². The van der Waals surface area contributed by atoms with Crippen LogP contribution in [0.2, 0.25) is 0 Å². The summed E-state index contributed by atoms with van der Waals surface area (Å²) in [5, 5.41) is 8.97. The Kier molecular flexibility index (Phi) is 3.68. The second-order valence-corrected chi connectivity index (χ2v) is 5.85. The zero-order chi connectivity index (χ0) is 12.3. The molecule has 0 aliphatic rings. The van der Waals surface area contributed by atoms with Gasteiger partial charge < -0.3 is 0 Å². The molecule has 0 bridgehead atoms. The number of rotatable bonds is 3. The van der Waals surface area contributed by atoms with Crippen molar-refractivity contribution >= 4 is 9.84 Å². The van der Waals surface area contributed by atoms with Gasteiger partial charge in [0.05, 0.1) is 11.0 Å². The molecule has 0 radical (unpaired) electrons. The lowest BCUT2D eigenvalue weighted by Gasteiger charge is -2.17. The van der Waals surface area contributed by atoms with Crippen LogP contribution in [0.4, 0.5) is 0 Å². The van der Waals surface area contributed by atoms with Gasteiger partial charge in [0.2, 0.25) is 0 Å². The lowest BCUT2D eigenvalue weighted by Crippen LogP contribution is -2.18. The summed E-state index contributed by atoms with van der Waals surface area (Å²) in [6.45, 7) is 0. The molecule has 0 fully saturated rings. The molecule has 0 aromatic heterocycles. The normalized spacial score (nSPS) is 13.4. The molecular formula is C11H14N2O2S. The van der Waals surface area contributed by atoms with Crippen LogP contribution in [0.3, 0.4) is 0 Å². The highest BCUT2D eigenvalue weighted by molar-refractivity contribution is 7.90. The van der Waals surface area contributed by atoms with Crippen molar-refractivity contribution in [1.29, 1.82) is 5.26 Å². The molecule has 0 spiro atoms. The van der Waals surface area contributed by atoms with E-state index >= 15 is 0 Å². The first-order valence-electron chi connectivity index (χ1n) is 4.72. The molecule has 86 valence electrons. The second-order valence-electron chi connectivity index (χ2n) is 3.84. The highest BCUT2D eigenvalue weighted by Crippen LogP contribution is 2.19. The zero-order valence-electron chi connectivity index (χ0n) is 9.51. The van der Waals surface area contributed by atoms with E-state index in [2.05, 4.69) is 6.07 Å². The maximum atomic E-state index is 11.2. The molecule has 1 atom stereocenters. The van der Waals surface area contributed by atoms with Crippen LogP contribution in [0.15, 0.2) is 29.2 Å². The van der Waals surface area contributed by atoms with Crippen LogP contribution in [-0.2, 0) is 9.84 Å². The van der Waals surface area contributed by atoms with Crippen molar-refractivity contribution in [2.45, 2.75) is 10.9 Å². The molecule has 0 N–H and O–H groups in total. The van der Waals surface area contributed by atoms with Crippen LogP contribution in [0, 0.1) is 11.3 Å². The summed E-state index contributed by atoms with van der Waals surface area (Å²) in [5.74, 6) is 0. The van der Waals surface area contributed by atoms with Crippen LogP contribution >= 0.6 is 0 Å². The predicted molar refractivity (Wildman–Crippen MR) is 61.6 cm³/mol. The molecule has 0 heterocycles. The van der Waals surface area contributed by atoms with Gasteiger partial charge in [-0.2, -0.15) is 5.26 Å². The van der Waals surface area contributed by atoms with Gasteiger partial charge >= 0.3 is 0 Å². The van der Waals surface area contributed by atoms with E-state index in [4.69, 9.17) is 5.26 Å². The van der Waals surface area contributed by atoms with Crippen molar-refractivity contribution in [2.75, 3.05) is 20.4 Å². The first-order valence-corrected chi connectivity index (χ1v) is 6.61. The minimum Gasteiger partial charge on any atom is -0.291 e. The van der Waals surface area contributed by atoms with E-state index in [1.807, 2.05) is 0 Å². The Morgan fingerprint density at radius 2 is 1.75 bits per heavy atom. The first kappa shape index (κ1) is 12.7. The Morgan fingerprint density at radius 1 is 1.25 bits per heavy atom. The van der Waals surface area contributed by atoms with Crippen LogP contribution in [0.1, 0.15) is 11.6 Å². The summed E-state index contributed by atoms with van der Waals surface area (Å²) >= 11 is 0. The summed E-state index contributed by atoms with van der Waals surface area (Å²) in [6, 6.07) is 8.19. The molecule has 1 aromatic carbocycles. The Morgan fingerprint density at radius 3 is 2.06 bits per heavy atom. The van der Waals surface area contributed by atoms with Crippen LogP contribution < -0.4 is 0 Å². The molecule has 4 nitrogen and oxygen atoms in total. The Hall–Kier alpha value is -1.38. The van der Waals surface area contributed by atoms with Crippen molar-refractivity contribution in [3.63, 3.8) is 0 Å². The van der Waals surface area contributed by atoms with E-state index in [-0.39, 0.29) is 10.9 Å². The van der Waals surface area contributed by atoms with Gasteiger partial charge in [-0.3, -0.25) is 4.90 Å². The topological polar surface area (TPSA) is 61.2 Å². The van der Waals surface area contributed by atoms with Gasteiger partial charge in [-0.1, -0.05) is 12.1 Å². The molecule has 0 amide bonds. The van der Waals surface area contributed by atoms with E-state index in [0.717, 1.165) is 11.8 Å². The molecule has 0 aliphatic heterocycles. The summed E-state index contributed by atoms with van der Waals surface area (Å²) in [4.78, 5) is 2.04. The van der Waals surface area contributed by atoms with Gasteiger partial charge in [0.1, 0.15) is 6.04 Å². The molecule has 0 aliphatic carbocycles. The van der Waals surface area contributed by atoms with Gasteiger partial charge in [0.25, 0.3) is 0 Å². The van der Waals surface area contributed by atoms with Crippen molar-refractivity contribution in [2.24, 2.45) is 0 Å². The van der Waals surface area contributed by atoms with E-state index in [1.54, 1.807) is 31.1 Å². The van der Waals surface area contributed by atoms with Gasteiger partial charge in [-0.05, 0) is 31.8 Å². The molecular weight excluding hydrogens is 224 g/mol. The number of benzene rings is 1. The number of nitriles is 1. The molecule has 1 rings (SSSR count). The number of nitrogens with zero attached hydrogens (tertiary/aromatic N) is 2. The maximum Gasteiger partial charge on any atom is 0.175 e. The zero-order valence-corrected chi connectivity index (χ0v) is 10.3. The molecule has 1 unspecified atom stereocenters. The Labute approximate surface area is 96.0 Å². The smallest absolute Gasteiger partial charge is 0.175 e. The highest BCUT2D eigenvalue weighted by Gasteiger charge is 2.14. The summed E-state index contributed by atoms with van der Waals surface area (Å²) < 4.78 is 22.5. The molecule has 0 saturated carbocycles. The minimum atomic E-state index is -3.17. The molecule has 5 heteroatoms. The van der Waals surface area contributed by atoms with Crippen molar-refractivity contribution in [3.8, 4) is 6.07 Å².